The van der Waals surface area contributed by atoms with Crippen LogP contribution in [-0.4, -0.2) is 23.0 Å². The molecule has 0 N–H and O–H groups in total. The Morgan fingerprint density at radius 3 is 2.56 bits per heavy atom. The van der Waals surface area contributed by atoms with E-state index in [1.807, 2.05) is 12.1 Å². The molecular formula is C12H10N2O2. The number of pyridine rings is 2. The van der Waals surface area contributed by atoms with Crippen LogP contribution in [0, 0.1) is 0 Å². The molecule has 0 spiro atoms. The second kappa shape index (κ2) is 4.53. The van der Waals surface area contributed by atoms with Gasteiger partial charge < -0.3 is 4.74 Å². The van der Waals surface area contributed by atoms with Crippen LogP contribution in [0.25, 0.3) is 11.1 Å². The molecular weight excluding hydrogens is 204 g/mol. The van der Waals surface area contributed by atoms with Crippen molar-refractivity contribution in [3.63, 3.8) is 0 Å². The monoisotopic (exact) mass is 214 g/mol. The Hall–Kier alpha value is -2.23. The number of aromatic nitrogens is 2. The fraction of sp³-hybridized carbons (Fsp3) is 0.0833. The highest BCUT2D eigenvalue weighted by Gasteiger charge is 2.07. The second-order valence-corrected chi connectivity index (χ2v) is 3.19. The van der Waals surface area contributed by atoms with Crippen LogP contribution in [0.3, 0.4) is 0 Å². The molecule has 2 aromatic rings. The zero-order valence-electron chi connectivity index (χ0n) is 8.75. The second-order valence-electron chi connectivity index (χ2n) is 3.19. The number of ether oxygens (including phenoxy) is 1. The van der Waals surface area contributed by atoms with Crippen LogP contribution >= 0.6 is 0 Å². The Bertz CT molecular complexity index is 497. The molecule has 2 aromatic heterocycles. The van der Waals surface area contributed by atoms with E-state index in [4.69, 9.17) is 0 Å². The maximum absolute atomic E-state index is 11.3. The van der Waals surface area contributed by atoms with E-state index in [2.05, 4.69) is 14.7 Å². The topological polar surface area (TPSA) is 52.1 Å². The maximum atomic E-state index is 11.3. The molecule has 0 aliphatic rings. The molecule has 0 saturated carbocycles. The molecule has 0 amide bonds. The quantitative estimate of drug-likeness (QED) is 0.717. The third kappa shape index (κ3) is 2.06. The molecule has 80 valence electrons. The van der Waals surface area contributed by atoms with E-state index in [0.29, 0.717) is 5.56 Å². The molecule has 4 nitrogen and oxygen atoms in total. The lowest BCUT2D eigenvalue weighted by atomic mass is 10.1. The molecule has 0 atom stereocenters. The van der Waals surface area contributed by atoms with E-state index in [1.165, 1.54) is 13.3 Å². The van der Waals surface area contributed by atoms with Crippen molar-refractivity contribution in [2.45, 2.75) is 0 Å². The first kappa shape index (κ1) is 10.3. The summed E-state index contributed by atoms with van der Waals surface area (Å²) in [5, 5.41) is 0. The Balaban J connectivity index is 2.40. The third-order valence-electron chi connectivity index (χ3n) is 2.17. The fourth-order valence-corrected chi connectivity index (χ4v) is 1.37. The predicted octanol–water partition coefficient (Wildman–Crippen LogP) is 1.93. The van der Waals surface area contributed by atoms with Gasteiger partial charge in [0.15, 0.2) is 0 Å². The highest BCUT2D eigenvalue weighted by Crippen LogP contribution is 2.18. The lowest BCUT2D eigenvalue weighted by molar-refractivity contribution is 0.0600. The van der Waals surface area contributed by atoms with Crippen molar-refractivity contribution in [2.75, 3.05) is 7.11 Å². The number of esters is 1. The minimum Gasteiger partial charge on any atom is -0.465 e. The van der Waals surface area contributed by atoms with Gasteiger partial charge in [0, 0.05) is 30.4 Å². The summed E-state index contributed by atoms with van der Waals surface area (Å²) in [7, 11) is 1.35. The molecule has 2 heterocycles. The summed E-state index contributed by atoms with van der Waals surface area (Å²) in [6.07, 6.45) is 6.57. The standard InChI is InChI=1S/C12H10N2O2/c1-16-12(15)11-6-10(7-14-8-11)9-2-4-13-5-3-9/h2-8H,1H3. The van der Waals surface area contributed by atoms with Gasteiger partial charge in [-0.05, 0) is 23.8 Å². The van der Waals surface area contributed by atoms with Gasteiger partial charge >= 0.3 is 5.97 Å². The van der Waals surface area contributed by atoms with Crippen LogP contribution in [0.4, 0.5) is 0 Å². The number of rotatable bonds is 2. The summed E-state index contributed by atoms with van der Waals surface area (Å²) >= 11 is 0. The highest BCUT2D eigenvalue weighted by atomic mass is 16.5. The molecule has 0 aromatic carbocycles. The number of nitrogens with zero attached hydrogens (tertiary/aromatic N) is 2. The molecule has 0 fully saturated rings. The van der Waals surface area contributed by atoms with Gasteiger partial charge in [-0.2, -0.15) is 0 Å². The van der Waals surface area contributed by atoms with Crippen molar-refractivity contribution >= 4 is 5.97 Å². The molecule has 2 rings (SSSR count). The van der Waals surface area contributed by atoms with Gasteiger partial charge in [0.2, 0.25) is 0 Å². The first-order valence-electron chi connectivity index (χ1n) is 4.75. The minimum absolute atomic E-state index is 0.386. The van der Waals surface area contributed by atoms with Gasteiger partial charge in [0.05, 0.1) is 12.7 Å². The minimum atomic E-state index is -0.386. The number of hydrogen-bond donors (Lipinski definition) is 0. The highest BCUT2D eigenvalue weighted by molar-refractivity contribution is 5.90. The molecule has 4 heteroatoms. The smallest absolute Gasteiger partial charge is 0.339 e. The van der Waals surface area contributed by atoms with Crippen LogP contribution in [0.2, 0.25) is 0 Å². The SMILES string of the molecule is COC(=O)c1cncc(-c2ccncc2)c1. The lowest BCUT2D eigenvalue weighted by Gasteiger charge is -2.02. The maximum Gasteiger partial charge on any atom is 0.339 e. The summed E-state index contributed by atoms with van der Waals surface area (Å²) in [4.78, 5) is 19.3. The first-order chi connectivity index (χ1) is 7.81. The average molecular weight is 214 g/mol. The lowest BCUT2D eigenvalue weighted by Crippen LogP contribution is -2.01. The molecule has 0 aliphatic carbocycles. The van der Waals surface area contributed by atoms with Crippen LogP contribution in [-0.2, 0) is 4.74 Å². The number of methoxy groups -OCH3 is 1. The summed E-state index contributed by atoms with van der Waals surface area (Å²) in [6.45, 7) is 0. The summed E-state index contributed by atoms with van der Waals surface area (Å²) in [5.74, 6) is -0.386. The zero-order valence-corrected chi connectivity index (χ0v) is 8.75. The van der Waals surface area contributed by atoms with Gasteiger partial charge in [-0.15, -0.1) is 0 Å². The van der Waals surface area contributed by atoms with E-state index in [0.717, 1.165) is 11.1 Å². The summed E-state index contributed by atoms with van der Waals surface area (Å²) in [6, 6.07) is 5.46. The largest absolute Gasteiger partial charge is 0.465 e. The normalized spacial score (nSPS) is 9.81. The molecule has 0 bridgehead atoms. The van der Waals surface area contributed by atoms with Crippen LogP contribution < -0.4 is 0 Å². The van der Waals surface area contributed by atoms with Crippen molar-refractivity contribution in [2.24, 2.45) is 0 Å². The van der Waals surface area contributed by atoms with E-state index >= 15 is 0 Å². The Morgan fingerprint density at radius 1 is 1.12 bits per heavy atom. The molecule has 0 saturated heterocycles. The van der Waals surface area contributed by atoms with Gasteiger partial charge in [-0.1, -0.05) is 0 Å². The summed E-state index contributed by atoms with van der Waals surface area (Å²) < 4.78 is 4.64. The van der Waals surface area contributed by atoms with E-state index in [1.54, 1.807) is 24.7 Å². The van der Waals surface area contributed by atoms with E-state index in [9.17, 15) is 4.79 Å². The van der Waals surface area contributed by atoms with Crippen molar-refractivity contribution in [3.05, 3.63) is 48.5 Å². The fourth-order valence-electron chi connectivity index (χ4n) is 1.37. The van der Waals surface area contributed by atoms with Crippen molar-refractivity contribution < 1.29 is 9.53 Å². The first-order valence-corrected chi connectivity index (χ1v) is 4.75. The molecule has 0 aliphatic heterocycles. The summed E-state index contributed by atoms with van der Waals surface area (Å²) in [5.41, 5.74) is 2.27. The van der Waals surface area contributed by atoms with Gasteiger partial charge in [0.1, 0.15) is 0 Å². The van der Waals surface area contributed by atoms with Gasteiger partial charge in [-0.3, -0.25) is 9.97 Å². The van der Waals surface area contributed by atoms with Gasteiger partial charge in [-0.25, -0.2) is 4.79 Å². The molecule has 16 heavy (non-hydrogen) atoms. The van der Waals surface area contributed by atoms with Crippen molar-refractivity contribution in [1.29, 1.82) is 0 Å². The predicted molar refractivity (Wildman–Crippen MR) is 58.8 cm³/mol. The molecule has 0 unspecified atom stereocenters. The van der Waals surface area contributed by atoms with E-state index in [-0.39, 0.29) is 5.97 Å². The van der Waals surface area contributed by atoms with Crippen molar-refractivity contribution in [1.82, 2.24) is 9.97 Å². The Kier molecular flexibility index (Phi) is 2.91. The van der Waals surface area contributed by atoms with Crippen molar-refractivity contribution in [3.8, 4) is 11.1 Å². The number of hydrogen-bond acceptors (Lipinski definition) is 4. The van der Waals surface area contributed by atoms with Crippen LogP contribution in [0.5, 0.6) is 0 Å². The van der Waals surface area contributed by atoms with Gasteiger partial charge in [0.25, 0.3) is 0 Å². The Morgan fingerprint density at radius 2 is 1.88 bits per heavy atom. The number of carbonyl (C=O) groups is 1. The number of carbonyl (C=O) groups excluding carboxylic acids is 1. The zero-order chi connectivity index (χ0) is 11.4. The third-order valence-corrected chi connectivity index (χ3v) is 2.17. The van der Waals surface area contributed by atoms with Crippen LogP contribution in [0.1, 0.15) is 10.4 Å². The van der Waals surface area contributed by atoms with Crippen LogP contribution in [0.15, 0.2) is 43.0 Å². The average Bonchev–Trinajstić information content (AvgIpc) is 2.39. The Labute approximate surface area is 92.9 Å². The van der Waals surface area contributed by atoms with E-state index < -0.39 is 0 Å². The molecule has 0 radical (unpaired) electrons.